The maximum absolute atomic E-state index is 14.1. The predicted octanol–water partition coefficient (Wildman–Crippen LogP) is 1.43. The van der Waals surface area contributed by atoms with E-state index in [-0.39, 0.29) is 5.69 Å². The number of aromatic nitrogens is 5. The molecule has 9 nitrogen and oxygen atoms in total. The van der Waals surface area contributed by atoms with Crippen molar-refractivity contribution in [3.8, 4) is 5.69 Å². The highest BCUT2D eigenvalue weighted by Gasteiger charge is 2.08. The van der Waals surface area contributed by atoms with E-state index >= 15 is 0 Å². The molecule has 128 valence electrons. The van der Waals surface area contributed by atoms with Gasteiger partial charge in [-0.15, -0.1) is 0 Å². The van der Waals surface area contributed by atoms with Gasteiger partial charge < -0.3 is 16.0 Å². The van der Waals surface area contributed by atoms with E-state index in [0.717, 1.165) is 0 Å². The molecule has 0 aliphatic rings. The number of benzene rings is 1. The number of urea groups is 1. The summed E-state index contributed by atoms with van der Waals surface area (Å²) in [6.07, 6.45) is 5.94. The van der Waals surface area contributed by atoms with Crippen LogP contribution in [0.1, 0.15) is 0 Å². The number of hydrogen-bond donors (Lipinski definition) is 3. The van der Waals surface area contributed by atoms with E-state index in [2.05, 4.69) is 36.0 Å². The lowest BCUT2D eigenvalue weighted by molar-refractivity contribution is 0.252. The summed E-state index contributed by atoms with van der Waals surface area (Å²) in [5.41, 5.74) is 0.578. The fourth-order valence-corrected chi connectivity index (χ4v) is 2.02. The topological polar surface area (TPSA) is 110 Å². The smallest absolute Gasteiger partial charge is 0.319 e. The summed E-state index contributed by atoms with van der Waals surface area (Å²) in [7, 11) is 0. The molecule has 0 bridgehead atoms. The maximum Gasteiger partial charge on any atom is 0.319 e. The molecule has 0 saturated carbocycles. The summed E-state index contributed by atoms with van der Waals surface area (Å²) < 4.78 is 15.4. The van der Waals surface area contributed by atoms with Crippen LogP contribution in [-0.4, -0.2) is 43.9 Å². The molecular formula is C15H15FN8O. The van der Waals surface area contributed by atoms with Gasteiger partial charge in [0.2, 0.25) is 5.95 Å². The molecule has 10 heteroatoms. The number of hydrogen-bond acceptors (Lipinski definition) is 6. The van der Waals surface area contributed by atoms with Crippen LogP contribution in [-0.2, 0) is 0 Å². The van der Waals surface area contributed by atoms with Crippen molar-refractivity contribution in [1.29, 1.82) is 0 Å². The minimum atomic E-state index is -0.522. The minimum Gasteiger partial charge on any atom is -0.352 e. The van der Waals surface area contributed by atoms with E-state index in [4.69, 9.17) is 0 Å². The van der Waals surface area contributed by atoms with Crippen molar-refractivity contribution < 1.29 is 9.18 Å². The Kier molecular flexibility index (Phi) is 5.10. The van der Waals surface area contributed by atoms with E-state index in [0.29, 0.717) is 24.7 Å². The van der Waals surface area contributed by atoms with Crippen molar-refractivity contribution in [2.45, 2.75) is 0 Å². The molecule has 0 unspecified atom stereocenters. The number of halogens is 1. The SMILES string of the molecule is O=C(NCCNc1ncccn1)Nc1ccc(-n2cncn2)c(F)c1. The minimum absolute atomic E-state index is 0.246. The lowest BCUT2D eigenvalue weighted by atomic mass is 10.2. The maximum atomic E-state index is 14.1. The van der Waals surface area contributed by atoms with Crippen LogP contribution in [0, 0.1) is 5.82 Å². The summed E-state index contributed by atoms with van der Waals surface area (Å²) in [6.45, 7) is 0.806. The number of rotatable bonds is 6. The van der Waals surface area contributed by atoms with Crippen molar-refractivity contribution in [3.05, 3.63) is 55.1 Å². The molecule has 0 radical (unpaired) electrons. The van der Waals surface area contributed by atoms with E-state index < -0.39 is 11.8 Å². The Morgan fingerprint density at radius 3 is 2.76 bits per heavy atom. The standard InChI is InChI=1S/C15H15FN8O/c16-12-8-11(2-3-13(12)24-10-17-9-22-24)23-15(25)21-7-6-20-14-18-4-1-5-19-14/h1-5,8-10H,6-7H2,(H,18,19,20)(H2,21,23,25). The highest BCUT2D eigenvalue weighted by atomic mass is 19.1. The van der Waals surface area contributed by atoms with E-state index in [1.54, 1.807) is 24.5 Å². The second-order valence-corrected chi connectivity index (χ2v) is 4.89. The molecule has 0 fully saturated rings. The van der Waals surface area contributed by atoms with Gasteiger partial charge in [-0.3, -0.25) is 0 Å². The van der Waals surface area contributed by atoms with Gasteiger partial charge in [-0.25, -0.2) is 28.8 Å². The first-order chi connectivity index (χ1) is 12.2. The first-order valence-corrected chi connectivity index (χ1v) is 7.42. The Morgan fingerprint density at radius 2 is 2.04 bits per heavy atom. The highest BCUT2D eigenvalue weighted by Crippen LogP contribution is 2.17. The van der Waals surface area contributed by atoms with Crippen LogP contribution in [0.25, 0.3) is 5.69 Å². The summed E-state index contributed by atoms with van der Waals surface area (Å²) in [5, 5.41) is 12.0. The van der Waals surface area contributed by atoms with E-state index in [1.165, 1.54) is 29.5 Å². The van der Waals surface area contributed by atoms with E-state index in [1.807, 2.05) is 0 Å². The van der Waals surface area contributed by atoms with Gasteiger partial charge in [0.15, 0.2) is 5.82 Å². The van der Waals surface area contributed by atoms with Crippen LogP contribution in [0.3, 0.4) is 0 Å². The van der Waals surface area contributed by atoms with Crippen molar-refractivity contribution in [2.75, 3.05) is 23.7 Å². The molecule has 3 N–H and O–H groups in total. The predicted molar refractivity (Wildman–Crippen MR) is 88.9 cm³/mol. The first kappa shape index (κ1) is 16.3. The van der Waals surface area contributed by atoms with Crippen molar-refractivity contribution in [2.24, 2.45) is 0 Å². The Labute approximate surface area is 142 Å². The summed E-state index contributed by atoms with van der Waals surface area (Å²) >= 11 is 0. The molecule has 0 saturated heterocycles. The molecule has 1 aromatic carbocycles. The fourth-order valence-electron chi connectivity index (χ4n) is 2.02. The van der Waals surface area contributed by atoms with Crippen molar-refractivity contribution in [1.82, 2.24) is 30.0 Å². The van der Waals surface area contributed by atoms with Gasteiger partial charge in [0.25, 0.3) is 0 Å². The number of anilines is 2. The molecule has 0 atom stereocenters. The Balaban J connectivity index is 1.47. The zero-order valence-corrected chi connectivity index (χ0v) is 13.1. The van der Waals surface area contributed by atoms with Gasteiger partial charge in [0.05, 0.1) is 0 Å². The lowest BCUT2D eigenvalue weighted by Crippen LogP contribution is -2.32. The van der Waals surface area contributed by atoms with Gasteiger partial charge in [-0.1, -0.05) is 0 Å². The molecule has 2 amide bonds. The average molecular weight is 342 g/mol. The molecule has 2 aromatic heterocycles. The van der Waals surface area contributed by atoms with Gasteiger partial charge in [-0.2, -0.15) is 5.10 Å². The first-order valence-electron chi connectivity index (χ1n) is 7.42. The molecule has 2 heterocycles. The normalized spacial score (nSPS) is 10.3. The lowest BCUT2D eigenvalue weighted by Gasteiger charge is -2.09. The number of carbonyl (C=O) groups is 1. The summed E-state index contributed by atoms with van der Waals surface area (Å²) in [6, 6.07) is 5.57. The highest BCUT2D eigenvalue weighted by molar-refractivity contribution is 5.89. The molecule has 3 aromatic rings. The molecule has 0 spiro atoms. The van der Waals surface area contributed by atoms with Crippen LogP contribution < -0.4 is 16.0 Å². The molecule has 0 aliphatic carbocycles. The van der Waals surface area contributed by atoms with Crippen molar-refractivity contribution in [3.63, 3.8) is 0 Å². The number of nitrogens with zero attached hydrogens (tertiary/aromatic N) is 5. The Morgan fingerprint density at radius 1 is 1.20 bits per heavy atom. The van der Waals surface area contributed by atoms with Gasteiger partial charge in [-0.05, 0) is 24.3 Å². The largest absolute Gasteiger partial charge is 0.352 e. The quantitative estimate of drug-likeness (QED) is 0.585. The van der Waals surface area contributed by atoms with Gasteiger partial charge in [0, 0.05) is 31.2 Å². The van der Waals surface area contributed by atoms with Crippen LogP contribution in [0.5, 0.6) is 0 Å². The molecule has 25 heavy (non-hydrogen) atoms. The summed E-state index contributed by atoms with van der Waals surface area (Å²) in [5.74, 6) is -0.0401. The molecule has 3 rings (SSSR count). The van der Waals surface area contributed by atoms with E-state index in [9.17, 15) is 9.18 Å². The second kappa shape index (κ2) is 7.81. The zero-order valence-electron chi connectivity index (χ0n) is 13.1. The molecular weight excluding hydrogens is 327 g/mol. The number of nitrogens with one attached hydrogen (secondary N) is 3. The number of amides is 2. The molecule has 0 aliphatic heterocycles. The van der Waals surface area contributed by atoms with Crippen LogP contribution in [0.2, 0.25) is 0 Å². The fraction of sp³-hybridized carbons (Fsp3) is 0.133. The van der Waals surface area contributed by atoms with Crippen LogP contribution in [0.4, 0.5) is 20.8 Å². The van der Waals surface area contributed by atoms with Crippen LogP contribution >= 0.6 is 0 Å². The average Bonchev–Trinajstić information content (AvgIpc) is 3.14. The van der Waals surface area contributed by atoms with Gasteiger partial charge >= 0.3 is 6.03 Å². The van der Waals surface area contributed by atoms with Crippen LogP contribution in [0.15, 0.2) is 49.3 Å². The third-order valence-electron chi connectivity index (χ3n) is 3.13. The third kappa shape index (κ3) is 4.47. The zero-order chi connectivity index (χ0) is 17.5. The Hall–Kier alpha value is -3.56. The van der Waals surface area contributed by atoms with Gasteiger partial charge in [0.1, 0.15) is 18.3 Å². The second-order valence-electron chi connectivity index (χ2n) is 4.89. The summed E-state index contributed by atoms with van der Waals surface area (Å²) in [4.78, 5) is 23.6. The Bertz CT molecular complexity index is 825. The third-order valence-corrected chi connectivity index (χ3v) is 3.13. The monoisotopic (exact) mass is 342 g/mol. The number of carbonyl (C=O) groups excluding carboxylic acids is 1. The van der Waals surface area contributed by atoms with Crippen molar-refractivity contribution >= 4 is 17.7 Å².